The fraction of sp³-hybridized carbons (Fsp3) is 0.333. The molecule has 2 aromatic carbocycles. The molecule has 150 valence electrons. The molecule has 0 radical (unpaired) electrons. The van der Waals surface area contributed by atoms with Crippen molar-refractivity contribution in [3.05, 3.63) is 78.3 Å². The first kappa shape index (κ1) is 19.4. The maximum atomic E-state index is 12.7. The molecule has 0 bridgehead atoms. The lowest BCUT2D eigenvalue weighted by Gasteiger charge is -2.22. The van der Waals surface area contributed by atoms with Crippen LogP contribution in [0.5, 0.6) is 0 Å². The van der Waals surface area contributed by atoms with Crippen LogP contribution in [0.4, 0.5) is 0 Å². The summed E-state index contributed by atoms with van der Waals surface area (Å²) in [6, 6.07) is 20.4. The molecule has 1 aliphatic rings. The quantitative estimate of drug-likeness (QED) is 0.639. The Morgan fingerprint density at radius 1 is 0.931 bits per heavy atom. The minimum absolute atomic E-state index is 0.186. The molecule has 0 aliphatic carbocycles. The maximum Gasteiger partial charge on any atom is 0.223 e. The molecule has 1 aromatic heterocycles. The van der Waals surface area contributed by atoms with E-state index in [4.69, 9.17) is 4.42 Å². The molecule has 29 heavy (non-hydrogen) atoms. The van der Waals surface area contributed by atoms with Gasteiger partial charge in [-0.3, -0.25) is 9.69 Å². The molecule has 1 amide bonds. The van der Waals surface area contributed by atoms with Crippen molar-refractivity contribution in [2.45, 2.75) is 25.8 Å². The zero-order valence-corrected chi connectivity index (χ0v) is 16.7. The summed E-state index contributed by atoms with van der Waals surface area (Å²) in [5.74, 6) is 1.56. The van der Waals surface area contributed by atoms with Crippen molar-refractivity contribution >= 4 is 5.91 Å². The molecule has 0 atom stereocenters. The predicted molar refractivity (Wildman–Crippen MR) is 113 cm³/mol. The highest BCUT2D eigenvalue weighted by atomic mass is 16.4. The summed E-state index contributed by atoms with van der Waals surface area (Å²) in [4.78, 5) is 21.5. The van der Waals surface area contributed by atoms with Gasteiger partial charge in [0.05, 0.1) is 6.20 Å². The van der Waals surface area contributed by atoms with Gasteiger partial charge in [-0.15, -0.1) is 0 Å². The van der Waals surface area contributed by atoms with Gasteiger partial charge in [-0.2, -0.15) is 0 Å². The molecule has 5 nitrogen and oxygen atoms in total. The number of oxazole rings is 1. The van der Waals surface area contributed by atoms with Gasteiger partial charge >= 0.3 is 0 Å². The Labute approximate surface area is 172 Å². The average molecular weight is 389 g/mol. The van der Waals surface area contributed by atoms with Crippen LogP contribution in [-0.2, 0) is 17.8 Å². The lowest BCUT2D eigenvalue weighted by Crippen LogP contribution is -2.35. The standard InChI is InChI=1S/C24H27N3O2/c28-24(13-12-23-25-18-22(29-23)21-10-5-2-6-11-21)27-15-7-14-26(16-17-27)19-20-8-3-1-4-9-20/h1-6,8-11,18H,7,12-17,19H2. The number of carbonyl (C=O) groups excluding carboxylic acids is 1. The Morgan fingerprint density at radius 2 is 1.69 bits per heavy atom. The molecule has 2 heterocycles. The summed E-state index contributed by atoms with van der Waals surface area (Å²) in [7, 11) is 0. The highest BCUT2D eigenvalue weighted by Gasteiger charge is 2.19. The predicted octanol–water partition coefficient (Wildman–Crippen LogP) is 4.01. The average Bonchev–Trinajstić information content (AvgIpc) is 3.12. The van der Waals surface area contributed by atoms with E-state index < -0.39 is 0 Å². The first-order valence-electron chi connectivity index (χ1n) is 10.3. The highest BCUT2D eigenvalue weighted by Crippen LogP contribution is 2.20. The number of carbonyl (C=O) groups is 1. The Morgan fingerprint density at radius 3 is 2.48 bits per heavy atom. The summed E-state index contributed by atoms with van der Waals surface area (Å²) < 4.78 is 5.83. The Balaban J connectivity index is 1.26. The van der Waals surface area contributed by atoms with Gasteiger partial charge in [0, 0.05) is 51.1 Å². The van der Waals surface area contributed by atoms with Crippen molar-refractivity contribution in [2.75, 3.05) is 26.2 Å². The van der Waals surface area contributed by atoms with Gasteiger partial charge in [-0.1, -0.05) is 60.7 Å². The summed E-state index contributed by atoms with van der Waals surface area (Å²) in [5.41, 5.74) is 2.33. The number of nitrogens with zero attached hydrogens (tertiary/aromatic N) is 3. The second-order valence-corrected chi connectivity index (χ2v) is 7.48. The van der Waals surface area contributed by atoms with Gasteiger partial charge in [0.25, 0.3) is 0 Å². The number of aryl methyl sites for hydroxylation is 1. The van der Waals surface area contributed by atoms with Crippen LogP contribution in [0.2, 0.25) is 0 Å². The third kappa shape index (κ3) is 5.33. The van der Waals surface area contributed by atoms with Crippen LogP contribution in [0.1, 0.15) is 24.3 Å². The largest absolute Gasteiger partial charge is 0.441 e. The van der Waals surface area contributed by atoms with Crippen LogP contribution >= 0.6 is 0 Å². The van der Waals surface area contributed by atoms with E-state index in [1.165, 1.54) is 5.56 Å². The van der Waals surface area contributed by atoms with Crippen LogP contribution in [0.15, 0.2) is 71.3 Å². The minimum atomic E-state index is 0.186. The number of benzene rings is 2. The Bertz CT molecular complexity index is 908. The summed E-state index contributed by atoms with van der Waals surface area (Å²) >= 11 is 0. The first-order valence-corrected chi connectivity index (χ1v) is 10.3. The molecule has 0 saturated carbocycles. The van der Waals surface area contributed by atoms with Gasteiger partial charge in [0.1, 0.15) is 0 Å². The summed E-state index contributed by atoms with van der Waals surface area (Å²) in [5, 5.41) is 0. The lowest BCUT2D eigenvalue weighted by molar-refractivity contribution is -0.131. The first-order chi connectivity index (χ1) is 14.3. The SMILES string of the molecule is O=C(CCc1ncc(-c2ccccc2)o1)N1CCCN(Cc2ccccc2)CC1. The van der Waals surface area contributed by atoms with E-state index >= 15 is 0 Å². The van der Waals surface area contributed by atoms with Crippen LogP contribution in [0.3, 0.4) is 0 Å². The van der Waals surface area contributed by atoms with E-state index in [-0.39, 0.29) is 5.91 Å². The molecule has 4 rings (SSSR count). The van der Waals surface area contributed by atoms with E-state index in [0.717, 1.165) is 50.5 Å². The maximum absolute atomic E-state index is 12.7. The van der Waals surface area contributed by atoms with E-state index in [0.29, 0.717) is 18.7 Å². The van der Waals surface area contributed by atoms with Crippen molar-refractivity contribution in [2.24, 2.45) is 0 Å². The second kappa shape index (κ2) is 9.52. The number of rotatable bonds is 6. The fourth-order valence-electron chi connectivity index (χ4n) is 3.75. The van der Waals surface area contributed by atoms with Crippen molar-refractivity contribution in [3.63, 3.8) is 0 Å². The van der Waals surface area contributed by atoms with E-state index in [1.807, 2.05) is 41.3 Å². The van der Waals surface area contributed by atoms with Crippen molar-refractivity contribution in [1.29, 1.82) is 0 Å². The van der Waals surface area contributed by atoms with Gasteiger partial charge in [0.15, 0.2) is 11.7 Å². The molecule has 0 unspecified atom stereocenters. The zero-order valence-electron chi connectivity index (χ0n) is 16.7. The van der Waals surface area contributed by atoms with Gasteiger partial charge in [-0.25, -0.2) is 4.98 Å². The molecule has 3 aromatic rings. The van der Waals surface area contributed by atoms with E-state index in [1.54, 1.807) is 6.20 Å². The number of hydrogen-bond donors (Lipinski definition) is 0. The number of hydrogen-bond acceptors (Lipinski definition) is 4. The van der Waals surface area contributed by atoms with E-state index in [2.05, 4.69) is 34.1 Å². The smallest absolute Gasteiger partial charge is 0.223 e. The third-order valence-electron chi connectivity index (χ3n) is 5.35. The van der Waals surface area contributed by atoms with Gasteiger partial charge in [0.2, 0.25) is 5.91 Å². The summed E-state index contributed by atoms with van der Waals surface area (Å²) in [6.07, 6.45) is 3.72. The highest BCUT2D eigenvalue weighted by molar-refractivity contribution is 5.76. The van der Waals surface area contributed by atoms with Crippen LogP contribution in [0, 0.1) is 0 Å². The number of amides is 1. The van der Waals surface area contributed by atoms with Crippen LogP contribution < -0.4 is 0 Å². The molecule has 5 heteroatoms. The van der Waals surface area contributed by atoms with Crippen molar-refractivity contribution < 1.29 is 9.21 Å². The van der Waals surface area contributed by atoms with Crippen LogP contribution in [-0.4, -0.2) is 46.9 Å². The Kier molecular flexibility index (Phi) is 6.37. The molecule has 0 spiro atoms. The lowest BCUT2D eigenvalue weighted by atomic mass is 10.2. The van der Waals surface area contributed by atoms with Crippen molar-refractivity contribution in [1.82, 2.24) is 14.8 Å². The molecule has 1 fully saturated rings. The number of aromatic nitrogens is 1. The summed E-state index contributed by atoms with van der Waals surface area (Å²) in [6.45, 7) is 4.50. The third-order valence-corrected chi connectivity index (χ3v) is 5.35. The monoisotopic (exact) mass is 389 g/mol. The fourth-order valence-corrected chi connectivity index (χ4v) is 3.75. The molecular weight excluding hydrogens is 362 g/mol. The topological polar surface area (TPSA) is 49.6 Å². The van der Waals surface area contributed by atoms with Gasteiger partial charge < -0.3 is 9.32 Å². The molecular formula is C24H27N3O2. The van der Waals surface area contributed by atoms with Gasteiger partial charge in [-0.05, 0) is 12.0 Å². The molecule has 1 saturated heterocycles. The molecule has 0 N–H and O–H groups in total. The van der Waals surface area contributed by atoms with Crippen LogP contribution in [0.25, 0.3) is 11.3 Å². The second-order valence-electron chi connectivity index (χ2n) is 7.48. The molecule has 1 aliphatic heterocycles. The normalized spacial score (nSPS) is 15.2. The van der Waals surface area contributed by atoms with E-state index in [9.17, 15) is 4.79 Å². The Hall–Kier alpha value is -2.92. The zero-order chi connectivity index (χ0) is 19.9. The minimum Gasteiger partial charge on any atom is -0.441 e. The van der Waals surface area contributed by atoms with Crippen molar-refractivity contribution in [3.8, 4) is 11.3 Å².